The van der Waals surface area contributed by atoms with Crippen LogP contribution >= 0.6 is 0 Å². The van der Waals surface area contributed by atoms with Crippen molar-refractivity contribution in [1.82, 2.24) is 14.7 Å². The van der Waals surface area contributed by atoms with Gasteiger partial charge in [0, 0.05) is 57.4 Å². The van der Waals surface area contributed by atoms with Crippen molar-refractivity contribution in [1.29, 1.82) is 0 Å². The molecule has 2 amide bonds. The summed E-state index contributed by atoms with van der Waals surface area (Å²) in [6.07, 6.45) is 2.60. The van der Waals surface area contributed by atoms with Crippen LogP contribution in [0.15, 0.2) is 24.3 Å². The van der Waals surface area contributed by atoms with Crippen LogP contribution in [0.1, 0.15) is 31.7 Å². The van der Waals surface area contributed by atoms with Gasteiger partial charge in [-0.1, -0.05) is 19.1 Å². The molecule has 7 heteroatoms. The van der Waals surface area contributed by atoms with Crippen LogP contribution in [0.5, 0.6) is 0 Å². The Bertz CT molecular complexity index is 703. The van der Waals surface area contributed by atoms with Crippen molar-refractivity contribution >= 4 is 17.7 Å². The number of hydrogen-bond donors (Lipinski definition) is 2. The number of likely N-dealkylation sites (tertiary alicyclic amines) is 1. The molecule has 7 nitrogen and oxygen atoms in total. The van der Waals surface area contributed by atoms with Crippen LogP contribution in [0.4, 0.5) is 10.5 Å². The van der Waals surface area contributed by atoms with Crippen LogP contribution in [0.3, 0.4) is 0 Å². The second kappa shape index (κ2) is 10.1. The highest BCUT2D eigenvalue weighted by Crippen LogP contribution is 2.27. The predicted octanol–water partition coefficient (Wildman–Crippen LogP) is 2.58. The van der Waals surface area contributed by atoms with E-state index in [1.165, 1.54) is 5.56 Å². The van der Waals surface area contributed by atoms with Crippen LogP contribution in [0.2, 0.25) is 0 Å². The molecule has 0 aliphatic carbocycles. The molecule has 1 aromatic rings. The van der Waals surface area contributed by atoms with Gasteiger partial charge in [-0.2, -0.15) is 0 Å². The van der Waals surface area contributed by atoms with Crippen molar-refractivity contribution < 1.29 is 14.7 Å². The second-order valence-corrected chi connectivity index (χ2v) is 8.32. The highest BCUT2D eigenvalue weighted by Gasteiger charge is 2.36. The zero-order valence-electron chi connectivity index (χ0n) is 17.6. The number of carbonyl (C=O) groups excluding carboxylic acids is 1. The number of likely N-dealkylation sites (N-methyl/N-ethyl adjacent to an activating group) is 1. The number of carboxylic acid groups (broad SMARTS) is 1. The summed E-state index contributed by atoms with van der Waals surface area (Å²) in [6.45, 7) is 7.53. The maximum atomic E-state index is 12.9. The maximum absolute atomic E-state index is 12.9. The molecule has 0 spiro atoms. The number of carbonyl (C=O) groups is 2. The normalized spacial score (nSPS) is 23.7. The molecule has 2 aliphatic rings. The fourth-order valence-electron chi connectivity index (χ4n) is 4.50. The van der Waals surface area contributed by atoms with E-state index in [4.69, 9.17) is 0 Å². The van der Waals surface area contributed by atoms with Crippen molar-refractivity contribution in [3.63, 3.8) is 0 Å². The van der Waals surface area contributed by atoms with Gasteiger partial charge in [0.2, 0.25) is 0 Å². The number of nitrogens with zero attached hydrogens (tertiary/aromatic N) is 3. The number of hydrogen-bond acceptors (Lipinski definition) is 4. The van der Waals surface area contributed by atoms with Crippen LogP contribution in [-0.2, 0) is 11.2 Å². The standard InChI is InChI=1S/C22H34N4O3/c1-3-17-5-4-6-19(15-17)23-22(29)26-10-9-20(18(16-26)7-8-21(27)28)25-13-11-24(2)12-14-25/h4-6,15,18,20H,3,7-14,16H2,1-2H3,(H,23,29)(H,27,28)/t18-,20+/m0/s1. The predicted molar refractivity (Wildman–Crippen MR) is 114 cm³/mol. The summed E-state index contributed by atoms with van der Waals surface area (Å²) in [5, 5.41) is 12.2. The molecule has 2 saturated heterocycles. The summed E-state index contributed by atoms with van der Waals surface area (Å²) in [6, 6.07) is 8.21. The Balaban J connectivity index is 1.63. The van der Waals surface area contributed by atoms with Gasteiger partial charge in [0.25, 0.3) is 0 Å². The Labute approximate surface area is 173 Å². The number of piperidine rings is 1. The first-order valence-corrected chi connectivity index (χ1v) is 10.8. The molecule has 0 radical (unpaired) electrons. The van der Waals surface area contributed by atoms with Gasteiger partial charge in [0.15, 0.2) is 0 Å². The van der Waals surface area contributed by atoms with Crippen LogP contribution < -0.4 is 5.32 Å². The summed E-state index contributed by atoms with van der Waals surface area (Å²) < 4.78 is 0. The average Bonchev–Trinajstić information content (AvgIpc) is 2.72. The molecular formula is C22H34N4O3. The minimum absolute atomic E-state index is 0.0876. The third kappa shape index (κ3) is 5.93. The van der Waals surface area contributed by atoms with Gasteiger partial charge in [-0.05, 0) is 49.9 Å². The van der Waals surface area contributed by atoms with E-state index in [9.17, 15) is 14.7 Å². The number of aryl methyl sites for hydroxylation is 1. The first-order valence-electron chi connectivity index (χ1n) is 10.8. The molecule has 2 fully saturated rings. The second-order valence-electron chi connectivity index (χ2n) is 8.32. The van der Waals surface area contributed by atoms with Crippen LogP contribution in [0.25, 0.3) is 0 Å². The number of urea groups is 1. The van der Waals surface area contributed by atoms with E-state index in [0.717, 1.165) is 44.7 Å². The summed E-state index contributed by atoms with van der Waals surface area (Å²) in [5.74, 6) is -0.573. The number of rotatable bonds is 6. The monoisotopic (exact) mass is 402 g/mol. The Hall–Kier alpha value is -2.12. The zero-order chi connectivity index (χ0) is 20.8. The number of aliphatic carboxylic acids is 1. The molecule has 29 heavy (non-hydrogen) atoms. The molecule has 0 saturated carbocycles. The highest BCUT2D eigenvalue weighted by molar-refractivity contribution is 5.89. The summed E-state index contributed by atoms with van der Waals surface area (Å²) in [4.78, 5) is 30.7. The van der Waals surface area contributed by atoms with E-state index in [1.54, 1.807) is 0 Å². The fourth-order valence-corrected chi connectivity index (χ4v) is 4.50. The number of piperazine rings is 1. The lowest BCUT2D eigenvalue weighted by atomic mass is 9.86. The summed E-state index contributed by atoms with van der Waals surface area (Å²) >= 11 is 0. The topological polar surface area (TPSA) is 76.1 Å². The average molecular weight is 403 g/mol. The Morgan fingerprint density at radius 2 is 1.93 bits per heavy atom. The lowest BCUT2D eigenvalue weighted by molar-refractivity contribution is -0.137. The van der Waals surface area contributed by atoms with Gasteiger partial charge in [0.1, 0.15) is 0 Å². The van der Waals surface area contributed by atoms with E-state index >= 15 is 0 Å². The van der Waals surface area contributed by atoms with Crippen molar-refractivity contribution in [3.8, 4) is 0 Å². The Kier molecular flexibility index (Phi) is 7.50. The molecule has 0 unspecified atom stereocenters. The van der Waals surface area contributed by atoms with Crippen molar-refractivity contribution in [3.05, 3.63) is 29.8 Å². The maximum Gasteiger partial charge on any atom is 0.321 e. The number of amides is 2. The molecule has 2 atom stereocenters. The van der Waals surface area contributed by atoms with Gasteiger partial charge in [0.05, 0.1) is 0 Å². The van der Waals surface area contributed by atoms with Crippen LogP contribution in [-0.4, -0.2) is 84.2 Å². The van der Waals surface area contributed by atoms with Gasteiger partial charge in [-0.15, -0.1) is 0 Å². The van der Waals surface area contributed by atoms with Gasteiger partial charge in [-0.25, -0.2) is 4.79 Å². The minimum Gasteiger partial charge on any atom is -0.481 e. The van der Waals surface area contributed by atoms with Crippen molar-refractivity contribution in [2.75, 3.05) is 51.6 Å². The minimum atomic E-state index is -0.764. The third-order valence-corrected chi connectivity index (χ3v) is 6.30. The number of carboxylic acids is 1. The van der Waals surface area contributed by atoms with E-state index in [0.29, 0.717) is 25.6 Å². The molecule has 0 aromatic heterocycles. The van der Waals surface area contributed by atoms with E-state index in [2.05, 4.69) is 35.2 Å². The fraction of sp³-hybridized carbons (Fsp3) is 0.636. The van der Waals surface area contributed by atoms with E-state index in [-0.39, 0.29) is 18.4 Å². The van der Waals surface area contributed by atoms with E-state index < -0.39 is 5.97 Å². The number of anilines is 1. The SMILES string of the molecule is CCc1cccc(NC(=O)N2CC[C@@H](N3CCN(C)CC3)[C@@H](CCC(=O)O)C2)c1. The third-order valence-electron chi connectivity index (χ3n) is 6.30. The molecule has 0 bridgehead atoms. The molecule has 1 aromatic carbocycles. The largest absolute Gasteiger partial charge is 0.481 e. The molecule has 3 rings (SSSR count). The molecule has 160 valence electrons. The highest BCUT2D eigenvalue weighted by atomic mass is 16.4. The van der Waals surface area contributed by atoms with Crippen molar-refractivity contribution in [2.45, 2.75) is 38.6 Å². The Morgan fingerprint density at radius 1 is 1.17 bits per heavy atom. The van der Waals surface area contributed by atoms with E-state index in [1.807, 2.05) is 23.1 Å². The zero-order valence-corrected chi connectivity index (χ0v) is 17.6. The summed E-state index contributed by atoms with van der Waals surface area (Å²) in [7, 11) is 2.14. The summed E-state index contributed by atoms with van der Waals surface area (Å²) in [5.41, 5.74) is 2.01. The Morgan fingerprint density at radius 3 is 2.62 bits per heavy atom. The van der Waals surface area contributed by atoms with Gasteiger partial charge < -0.3 is 20.2 Å². The van der Waals surface area contributed by atoms with Gasteiger partial charge in [-0.3, -0.25) is 9.69 Å². The van der Waals surface area contributed by atoms with Crippen molar-refractivity contribution in [2.24, 2.45) is 5.92 Å². The van der Waals surface area contributed by atoms with Crippen LogP contribution in [0, 0.1) is 5.92 Å². The number of nitrogens with one attached hydrogen (secondary N) is 1. The quantitative estimate of drug-likeness (QED) is 0.765. The first kappa shape index (κ1) is 21.6. The molecule has 2 aliphatic heterocycles. The smallest absolute Gasteiger partial charge is 0.321 e. The lowest BCUT2D eigenvalue weighted by Gasteiger charge is -2.46. The van der Waals surface area contributed by atoms with Gasteiger partial charge >= 0.3 is 12.0 Å². The number of benzene rings is 1. The molecule has 2 heterocycles. The lowest BCUT2D eigenvalue weighted by Crippen LogP contribution is -2.57. The molecule has 2 N–H and O–H groups in total. The molecular weight excluding hydrogens is 368 g/mol. The first-order chi connectivity index (χ1) is 14.0.